The molecule has 0 radical (unpaired) electrons. The highest BCUT2D eigenvalue weighted by Crippen LogP contribution is 2.13. The predicted molar refractivity (Wildman–Crippen MR) is 81.9 cm³/mol. The second-order valence-corrected chi connectivity index (χ2v) is 5.90. The molecule has 1 unspecified atom stereocenters. The Morgan fingerprint density at radius 2 is 2.00 bits per heavy atom. The summed E-state index contributed by atoms with van der Waals surface area (Å²) in [5, 5.41) is 3.10. The van der Waals surface area contributed by atoms with E-state index in [1.807, 2.05) is 20.9 Å². The Kier molecular flexibility index (Phi) is 7.48. The van der Waals surface area contributed by atoms with E-state index in [2.05, 4.69) is 22.2 Å². The third-order valence-electron chi connectivity index (χ3n) is 4.27. The molecule has 0 aliphatic carbocycles. The fourth-order valence-electron chi connectivity index (χ4n) is 2.46. The molecule has 1 atom stereocenters. The lowest BCUT2D eigenvalue weighted by atomic mass is 9.98. The molecule has 1 rings (SSSR count). The van der Waals surface area contributed by atoms with E-state index in [9.17, 15) is 4.79 Å². The first kappa shape index (κ1) is 17.4. The number of carbonyl (C=O) groups is 1. The topological polar surface area (TPSA) is 44.8 Å². The Morgan fingerprint density at radius 3 is 2.55 bits per heavy atom. The Hall–Kier alpha value is -0.650. The maximum atomic E-state index is 12.0. The first-order valence-electron chi connectivity index (χ1n) is 7.79. The van der Waals surface area contributed by atoms with Gasteiger partial charge < -0.3 is 19.9 Å². The van der Waals surface area contributed by atoms with E-state index < -0.39 is 5.54 Å². The smallest absolute Gasteiger partial charge is 0.326 e. The van der Waals surface area contributed by atoms with Crippen molar-refractivity contribution in [1.82, 2.24) is 15.1 Å². The molecular formula is C15H31N3O2. The van der Waals surface area contributed by atoms with E-state index in [-0.39, 0.29) is 5.97 Å². The average Bonchev–Trinajstić information content (AvgIpc) is 2.96. The molecule has 5 nitrogen and oxygen atoms in total. The Labute approximate surface area is 123 Å². The van der Waals surface area contributed by atoms with Crippen LogP contribution in [0.25, 0.3) is 0 Å². The molecule has 0 saturated carbocycles. The lowest BCUT2D eigenvalue weighted by Crippen LogP contribution is -2.50. The van der Waals surface area contributed by atoms with Crippen molar-refractivity contribution in [3.8, 4) is 0 Å². The molecular weight excluding hydrogens is 254 g/mol. The van der Waals surface area contributed by atoms with E-state index >= 15 is 0 Å². The summed E-state index contributed by atoms with van der Waals surface area (Å²) in [6.45, 7) is 9.75. The maximum absolute atomic E-state index is 12.0. The lowest BCUT2D eigenvalue weighted by Gasteiger charge is -2.29. The Bertz CT molecular complexity index is 293. The summed E-state index contributed by atoms with van der Waals surface area (Å²) in [4.78, 5) is 16.8. The number of likely N-dealkylation sites (tertiary alicyclic amines) is 1. The summed E-state index contributed by atoms with van der Waals surface area (Å²) in [6.07, 6.45) is 3.44. The molecule has 20 heavy (non-hydrogen) atoms. The molecule has 118 valence electrons. The van der Waals surface area contributed by atoms with Crippen LogP contribution in [0.15, 0.2) is 0 Å². The van der Waals surface area contributed by atoms with Gasteiger partial charge in [0.2, 0.25) is 0 Å². The van der Waals surface area contributed by atoms with Crippen LogP contribution in [0.4, 0.5) is 0 Å². The van der Waals surface area contributed by atoms with Gasteiger partial charge in [0.15, 0.2) is 0 Å². The van der Waals surface area contributed by atoms with Gasteiger partial charge in [-0.05, 0) is 60.3 Å². The summed E-state index contributed by atoms with van der Waals surface area (Å²) >= 11 is 0. The molecule has 5 heteroatoms. The van der Waals surface area contributed by atoms with Crippen molar-refractivity contribution in [2.45, 2.75) is 38.6 Å². The maximum Gasteiger partial charge on any atom is 0.326 e. The van der Waals surface area contributed by atoms with Crippen molar-refractivity contribution in [3.05, 3.63) is 0 Å². The number of nitrogens with one attached hydrogen (secondary N) is 1. The van der Waals surface area contributed by atoms with Crippen molar-refractivity contribution in [3.63, 3.8) is 0 Å². The molecule has 1 heterocycles. The highest BCUT2D eigenvalue weighted by molar-refractivity contribution is 5.80. The van der Waals surface area contributed by atoms with Gasteiger partial charge >= 0.3 is 5.97 Å². The number of hydrogen-bond acceptors (Lipinski definition) is 5. The first-order chi connectivity index (χ1) is 9.51. The standard InChI is InChI=1S/C15H31N3O2/c1-5-20-14(19)15(2,16-3)8-11-17(4)12-13-18-9-6-7-10-18/h16H,5-13H2,1-4H3. The zero-order valence-electron chi connectivity index (χ0n) is 13.6. The van der Waals surface area contributed by atoms with Crippen molar-refractivity contribution < 1.29 is 9.53 Å². The average molecular weight is 285 g/mol. The van der Waals surface area contributed by atoms with Gasteiger partial charge in [-0.2, -0.15) is 0 Å². The number of nitrogens with zero attached hydrogens (tertiary/aromatic N) is 2. The molecule has 0 bridgehead atoms. The molecule has 0 amide bonds. The predicted octanol–water partition coefficient (Wildman–Crippen LogP) is 0.945. The van der Waals surface area contributed by atoms with Crippen LogP contribution in [0.3, 0.4) is 0 Å². The second kappa shape index (κ2) is 8.60. The van der Waals surface area contributed by atoms with Crippen LogP contribution in [0.5, 0.6) is 0 Å². The summed E-state index contributed by atoms with van der Waals surface area (Å²) in [6, 6.07) is 0. The number of likely N-dealkylation sites (N-methyl/N-ethyl adjacent to an activating group) is 2. The summed E-state index contributed by atoms with van der Waals surface area (Å²) in [5.74, 6) is -0.157. The number of rotatable bonds is 9. The van der Waals surface area contributed by atoms with Crippen molar-refractivity contribution in [2.24, 2.45) is 0 Å². The number of ether oxygens (including phenoxy) is 1. The van der Waals surface area contributed by atoms with E-state index in [1.54, 1.807) is 0 Å². The SMILES string of the molecule is CCOC(=O)C(C)(CCN(C)CCN1CCCC1)NC. The highest BCUT2D eigenvalue weighted by Gasteiger charge is 2.32. The minimum Gasteiger partial charge on any atom is -0.465 e. The molecule has 1 aliphatic heterocycles. The van der Waals surface area contributed by atoms with Crippen LogP contribution in [0, 0.1) is 0 Å². The van der Waals surface area contributed by atoms with Gasteiger partial charge in [-0.15, -0.1) is 0 Å². The molecule has 1 fully saturated rings. The second-order valence-electron chi connectivity index (χ2n) is 5.90. The lowest BCUT2D eigenvalue weighted by molar-refractivity contribution is -0.150. The molecule has 1 N–H and O–H groups in total. The largest absolute Gasteiger partial charge is 0.465 e. The van der Waals surface area contributed by atoms with Gasteiger partial charge in [-0.1, -0.05) is 0 Å². The number of hydrogen-bond donors (Lipinski definition) is 1. The summed E-state index contributed by atoms with van der Waals surface area (Å²) < 4.78 is 5.14. The molecule has 1 aliphatic rings. The van der Waals surface area contributed by atoms with Crippen molar-refractivity contribution >= 4 is 5.97 Å². The van der Waals surface area contributed by atoms with E-state index in [1.165, 1.54) is 25.9 Å². The third kappa shape index (κ3) is 5.38. The number of esters is 1. The summed E-state index contributed by atoms with van der Waals surface area (Å²) in [5.41, 5.74) is -0.585. The fourth-order valence-corrected chi connectivity index (χ4v) is 2.46. The van der Waals surface area contributed by atoms with Crippen molar-refractivity contribution in [2.75, 3.05) is 53.4 Å². The van der Waals surface area contributed by atoms with E-state index in [4.69, 9.17) is 4.74 Å². The molecule has 0 aromatic carbocycles. The molecule has 0 spiro atoms. The van der Waals surface area contributed by atoms with Crippen LogP contribution in [0.2, 0.25) is 0 Å². The molecule has 0 aromatic rings. The van der Waals surface area contributed by atoms with Gasteiger partial charge in [0.1, 0.15) is 5.54 Å². The Balaban J connectivity index is 2.29. The van der Waals surface area contributed by atoms with E-state index in [0.29, 0.717) is 6.61 Å². The molecule has 0 aromatic heterocycles. The van der Waals surface area contributed by atoms with Gasteiger partial charge in [0.25, 0.3) is 0 Å². The van der Waals surface area contributed by atoms with Crippen LogP contribution in [-0.4, -0.2) is 74.7 Å². The third-order valence-corrected chi connectivity index (χ3v) is 4.27. The minimum atomic E-state index is -0.585. The van der Waals surface area contributed by atoms with Crippen LogP contribution < -0.4 is 5.32 Å². The van der Waals surface area contributed by atoms with Gasteiger partial charge in [0, 0.05) is 19.6 Å². The zero-order chi connectivity index (χ0) is 15.0. The summed E-state index contributed by atoms with van der Waals surface area (Å²) in [7, 11) is 3.94. The quantitative estimate of drug-likeness (QED) is 0.639. The Morgan fingerprint density at radius 1 is 1.35 bits per heavy atom. The first-order valence-corrected chi connectivity index (χ1v) is 7.79. The van der Waals surface area contributed by atoms with Gasteiger partial charge in [-0.25, -0.2) is 0 Å². The normalized spacial score (nSPS) is 19.2. The fraction of sp³-hybridized carbons (Fsp3) is 0.933. The van der Waals surface area contributed by atoms with Gasteiger partial charge in [0.05, 0.1) is 6.61 Å². The van der Waals surface area contributed by atoms with Crippen LogP contribution >= 0.6 is 0 Å². The highest BCUT2D eigenvalue weighted by atomic mass is 16.5. The van der Waals surface area contributed by atoms with Crippen LogP contribution in [-0.2, 0) is 9.53 Å². The number of carbonyl (C=O) groups excluding carboxylic acids is 1. The monoisotopic (exact) mass is 285 g/mol. The molecule has 1 saturated heterocycles. The van der Waals surface area contributed by atoms with E-state index in [0.717, 1.165) is 26.1 Å². The van der Waals surface area contributed by atoms with Gasteiger partial charge in [-0.3, -0.25) is 4.79 Å². The van der Waals surface area contributed by atoms with Crippen molar-refractivity contribution in [1.29, 1.82) is 0 Å². The van der Waals surface area contributed by atoms with Crippen LogP contribution in [0.1, 0.15) is 33.1 Å². The minimum absolute atomic E-state index is 0.157. The zero-order valence-corrected chi connectivity index (χ0v) is 13.6.